The van der Waals surface area contributed by atoms with E-state index in [0.717, 1.165) is 29.7 Å². The van der Waals surface area contributed by atoms with E-state index in [0.29, 0.717) is 27.1 Å². The summed E-state index contributed by atoms with van der Waals surface area (Å²) in [5, 5.41) is 7.23. The summed E-state index contributed by atoms with van der Waals surface area (Å²) in [5.74, 6) is -1.94. The molecule has 1 atom stereocenters. The Labute approximate surface area is 193 Å². The van der Waals surface area contributed by atoms with Gasteiger partial charge in [0.25, 0.3) is 0 Å². The van der Waals surface area contributed by atoms with Crippen LogP contribution in [0.3, 0.4) is 0 Å². The van der Waals surface area contributed by atoms with Crippen molar-refractivity contribution in [3.8, 4) is 0 Å². The number of hydrazone groups is 1. The Morgan fingerprint density at radius 2 is 2.06 bits per heavy atom. The second-order valence-electron chi connectivity index (χ2n) is 7.07. The normalized spacial score (nSPS) is 15.4. The number of thiophene rings is 1. The Morgan fingerprint density at radius 3 is 2.81 bits per heavy atom. The first-order valence-electron chi connectivity index (χ1n) is 9.71. The summed E-state index contributed by atoms with van der Waals surface area (Å²) in [5.41, 5.74) is 3.86. The summed E-state index contributed by atoms with van der Waals surface area (Å²) >= 11 is 13.3. The predicted molar refractivity (Wildman–Crippen MR) is 122 cm³/mol. The maximum atomic E-state index is 12.5. The highest BCUT2D eigenvalue weighted by Gasteiger charge is 2.30. The minimum Gasteiger partial charge on any atom is -0.462 e. The number of nitrogens with one attached hydrogen (secondary N) is 2. The van der Waals surface area contributed by atoms with Gasteiger partial charge in [-0.3, -0.25) is 9.59 Å². The van der Waals surface area contributed by atoms with Gasteiger partial charge in [0.15, 0.2) is 0 Å². The molecule has 2 amide bonds. The van der Waals surface area contributed by atoms with Crippen molar-refractivity contribution in [2.75, 3.05) is 11.9 Å². The van der Waals surface area contributed by atoms with E-state index in [1.807, 2.05) is 0 Å². The van der Waals surface area contributed by atoms with Gasteiger partial charge in [0.2, 0.25) is 0 Å². The van der Waals surface area contributed by atoms with Crippen molar-refractivity contribution < 1.29 is 19.1 Å². The molecule has 10 heteroatoms. The summed E-state index contributed by atoms with van der Waals surface area (Å²) in [6.45, 7) is 4.08. The number of hydrogen-bond acceptors (Lipinski definition) is 6. The molecular formula is C21H21Cl2N3O4S. The lowest BCUT2D eigenvalue weighted by Crippen LogP contribution is -2.32. The molecule has 0 fully saturated rings. The number of hydrogen-bond donors (Lipinski definition) is 2. The highest BCUT2D eigenvalue weighted by atomic mass is 35.5. The van der Waals surface area contributed by atoms with Gasteiger partial charge in [0.05, 0.1) is 28.4 Å². The van der Waals surface area contributed by atoms with Gasteiger partial charge in [-0.2, -0.15) is 5.10 Å². The van der Waals surface area contributed by atoms with Crippen LogP contribution in [0.5, 0.6) is 0 Å². The monoisotopic (exact) mass is 481 g/mol. The molecule has 7 nitrogen and oxygen atoms in total. The number of fused-ring (bicyclic) bond motifs is 1. The number of amides is 2. The molecule has 0 saturated carbocycles. The minimum absolute atomic E-state index is 0.217. The first kappa shape index (κ1) is 23.2. The lowest BCUT2D eigenvalue weighted by molar-refractivity contribution is -0.136. The lowest BCUT2D eigenvalue weighted by atomic mass is 9.88. The van der Waals surface area contributed by atoms with Crippen LogP contribution in [0.2, 0.25) is 10.0 Å². The number of halogens is 2. The molecule has 0 saturated heterocycles. The van der Waals surface area contributed by atoms with E-state index in [-0.39, 0.29) is 11.6 Å². The Bertz CT molecular complexity index is 1050. The Hall–Kier alpha value is -2.42. The highest BCUT2D eigenvalue weighted by molar-refractivity contribution is 7.17. The third kappa shape index (κ3) is 5.44. The van der Waals surface area contributed by atoms with Crippen molar-refractivity contribution in [1.29, 1.82) is 0 Å². The third-order valence-corrected chi connectivity index (χ3v) is 6.78. The molecule has 164 valence electrons. The standard InChI is InChI=1S/C21H21Cl2N3O4S/c1-3-30-21(29)16-13-8-7-11(2)9-15(13)31-20(16)25-18(27)19(28)26-24-10-12-5-4-6-14(22)17(12)23/h4-6,10-11H,3,7-9H2,1-2H3,(H,25,27)(H,26,28)/b24-10+. The molecule has 1 unspecified atom stereocenters. The van der Waals surface area contributed by atoms with Crippen LogP contribution in [0, 0.1) is 5.92 Å². The van der Waals surface area contributed by atoms with Crippen LogP contribution in [-0.4, -0.2) is 30.6 Å². The topological polar surface area (TPSA) is 96.9 Å². The van der Waals surface area contributed by atoms with Gasteiger partial charge in [-0.1, -0.05) is 42.3 Å². The minimum atomic E-state index is -0.982. The number of ether oxygens (including phenoxy) is 1. The van der Waals surface area contributed by atoms with Crippen molar-refractivity contribution in [3.63, 3.8) is 0 Å². The summed E-state index contributed by atoms with van der Waals surface area (Å²) in [7, 11) is 0. The van der Waals surface area contributed by atoms with Gasteiger partial charge in [-0.05, 0) is 43.7 Å². The zero-order valence-electron chi connectivity index (χ0n) is 17.0. The average molecular weight is 482 g/mol. The second kappa shape index (κ2) is 10.3. The van der Waals surface area contributed by atoms with Crippen molar-refractivity contribution in [1.82, 2.24) is 5.43 Å². The van der Waals surface area contributed by atoms with E-state index < -0.39 is 17.8 Å². The summed E-state index contributed by atoms with van der Waals surface area (Å²) in [4.78, 5) is 38.1. The fourth-order valence-corrected chi connectivity index (χ4v) is 5.00. The molecule has 1 aliphatic rings. The summed E-state index contributed by atoms with van der Waals surface area (Å²) in [6, 6.07) is 4.96. The summed E-state index contributed by atoms with van der Waals surface area (Å²) < 4.78 is 5.17. The lowest BCUT2D eigenvalue weighted by Gasteiger charge is -2.18. The molecule has 1 aliphatic carbocycles. The number of benzene rings is 1. The SMILES string of the molecule is CCOC(=O)c1c(NC(=O)C(=O)N/N=C/c2cccc(Cl)c2Cl)sc2c1CCC(C)C2. The predicted octanol–water partition coefficient (Wildman–Crippen LogP) is 4.45. The first-order chi connectivity index (χ1) is 14.8. The third-order valence-electron chi connectivity index (χ3n) is 4.78. The van der Waals surface area contributed by atoms with Gasteiger partial charge in [-0.25, -0.2) is 10.2 Å². The Balaban J connectivity index is 1.73. The molecule has 0 bridgehead atoms. The molecule has 0 spiro atoms. The quantitative estimate of drug-likeness (QED) is 0.285. The highest BCUT2D eigenvalue weighted by Crippen LogP contribution is 2.40. The van der Waals surface area contributed by atoms with Crippen LogP contribution >= 0.6 is 34.5 Å². The van der Waals surface area contributed by atoms with Crippen LogP contribution < -0.4 is 10.7 Å². The maximum absolute atomic E-state index is 12.5. The molecule has 0 radical (unpaired) electrons. The van der Waals surface area contributed by atoms with Crippen LogP contribution in [0.15, 0.2) is 23.3 Å². The fourth-order valence-electron chi connectivity index (χ4n) is 3.25. The number of nitrogens with zero attached hydrogens (tertiary/aromatic N) is 1. The molecule has 1 heterocycles. The maximum Gasteiger partial charge on any atom is 0.341 e. The van der Waals surface area contributed by atoms with Crippen molar-refractivity contribution in [3.05, 3.63) is 49.8 Å². The molecule has 31 heavy (non-hydrogen) atoms. The number of anilines is 1. The van der Waals surface area contributed by atoms with Crippen molar-refractivity contribution >= 4 is 63.5 Å². The largest absolute Gasteiger partial charge is 0.462 e. The van der Waals surface area contributed by atoms with E-state index in [9.17, 15) is 14.4 Å². The average Bonchev–Trinajstić information content (AvgIpc) is 3.07. The summed E-state index contributed by atoms with van der Waals surface area (Å²) in [6.07, 6.45) is 3.78. The molecule has 3 rings (SSSR count). The zero-order valence-corrected chi connectivity index (χ0v) is 19.3. The van der Waals surface area contributed by atoms with Gasteiger partial charge < -0.3 is 10.1 Å². The zero-order chi connectivity index (χ0) is 22.5. The molecule has 1 aromatic heterocycles. The number of carbonyl (C=O) groups excluding carboxylic acids is 3. The van der Waals surface area contributed by atoms with Crippen LogP contribution in [0.1, 0.15) is 46.6 Å². The van der Waals surface area contributed by atoms with Crippen LogP contribution in [-0.2, 0) is 27.2 Å². The molecule has 1 aromatic carbocycles. The Kier molecular flexibility index (Phi) is 7.69. The van der Waals surface area contributed by atoms with Crippen LogP contribution in [0.25, 0.3) is 0 Å². The van der Waals surface area contributed by atoms with E-state index >= 15 is 0 Å². The second-order valence-corrected chi connectivity index (χ2v) is 8.96. The number of esters is 1. The van der Waals surface area contributed by atoms with E-state index in [4.69, 9.17) is 27.9 Å². The van der Waals surface area contributed by atoms with E-state index in [2.05, 4.69) is 22.8 Å². The molecule has 0 aliphatic heterocycles. The van der Waals surface area contributed by atoms with Gasteiger partial charge >= 0.3 is 17.8 Å². The van der Waals surface area contributed by atoms with Gasteiger partial charge in [-0.15, -0.1) is 11.3 Å². The van der Waals surface area contributed by atoms with Crippen molar-refractivity contribution in [2.24, 2.45) is 11.0 Å². The van der Waals surface area contributed by atoms with E-state index in [1.54, 1.807) is 25.1 Å². The van der Waals surface area contributed by atoms with Crippen LogP contribution in [0.4, 0.5) is 5.00 Å². The number of rotatable bonds is 5. The first-order valence-corrected chi connectivity index (χ1v) is 11.3. The smallest absolute Gasteiger partial charge is 0.341 e. The molecule has 2 aromatic rings. The van der Waals surface area contributed by atoms with Crippen molar-refractivity contribution in [2.45, 2.75) is 33.1 Å². The van der Waals surface area contributed by atoms with Gasteiger partial charge in [0, 0.05) is 10.4 Å². The molecular weight excluding hydrogens is 461 g/mol. The molecule has 2 N–H and O–H groups in total. The van der Waals surface area contributed by atoms with E-state index in [1.165, 1.54) is 17.6 Å². The van der Waals surface area contributed by atoms with Gasteiger partial charge in [0.1, 0.15) is 5.00 Å². The fraction of sp³-hybridized carbons (Fsp3) is 0.333. The Morgan fingerprint density at radius 1 is 1.29 bits per heavy atom. The number of carbonyl (C=O) groups is 3.